The van der Waals surface area contributed by atoms with E-state index in [0.29, 0.717) is 6.54 Å². The van der Waals surface area contributed by atoms with Crippen LogP contribution in [0.2, 0.25) is 0 Å². The molecule has 6 heteroatoms. The van der Waals surface area contributed by atoms with Crippen molar-refractivity contribution in [3.63, 3.8) is 0 Å². The van der Waals surface area contributed by atoms with E-state index in [0.717, 1.165) is 48.2 Å². The lowest BCUT2D eigenvalue weighted by molar-refractivity contribution is -0.144. The van der Waals surface area contributed by atoms with Crippen LogP contribution in [-0.4, -0.2) is 38.3 Å². The van der Waals surface area contributed by atoms with Gasteiger partial charge in [0, 0.05) is 13.1 Å². The zero-order valence-corrected chi connectivity index (χ0v) is 13.0. The van der Waals surface area contributed by atoms with Crippen molar-refractivity contribution in [1.82, 2.24) is 14.7 Å². The van der Waals surface area contributed by atoms with Gasteiger partial charge in [0.05, 0.1) is 15.9 Å². The first-order valence-electron chi connectivity index (χ1n) is 6.73. The molecule has 0 aliphatic carbocycles. The Morgan fingerprint density at radius 2 is 2.26 bits per heavy atom. The predicted molar refractivity (Wildman–Crippen MR) is 76.0 cm³/mol. The molecule has 1 unspecified atom stereocenters. The predicted octanol–water partition coefficient (Wildman–Crippen LogP) is 2.41. The SMILES string of the molecule is CCn1nc(C)c(Br)c1CN1CCCCC1C(=O)O. The highest BCUT2D eigenvalue weighted by Crippen LogP contribution is 2.26. The highest BCUT2D eigenvalue weighted by atomic mass is 79.9. The molecule has 1 aliphatic heterocycles. The first kappa shape index (κ1) is 14.5. The molecule has 0 radical (unpaired) electrons. The van der Waals surface area contributed by atoms with Crippen molar-refractivity contribution in [3.05, 3.63) is 15.9 Å². The second-order valence-electron chi connectivity index (χ2n) is 4.98. The summed E-state index contributed by atoms with van der Waals surface area (Å²) in [4.78, 5) is 13.4. The minimum absolute atomic E-state index is 0.360. The Hall–Kier alpha value is -0.880. The Kier molecular flexibility index (Phi) is 4.62. The van der Waals surface area contributed by atoms with E-state index in [2.05, 4.69) is 25.9 Å². The van der Waals surface area contributed by atoms with Crippen molar-refractivity contribution >= 4 is 21.9 Å². The number of aryl methyl sites for hydroxylation is 2. The van der Waals surface area contributed by atoms with E-state index in [1.54, 1.807) is 0 Å². The van der Waals surface area contributed by atoms with Gasteiger partial charge >= 0.3 is 5.97 Å². The van der Waals surface area contributed by atoms with E-state index in [9.17, 15) is 9.90 Å². The van der Waals surface area contributed by atoms with Gasteiger partial charge in [-0.15, -0.1) is 0 Å². The number of carboxylic acid groups (broad SMARTS) is 1. The minimum Gasteiger partial charge on any atom is -0.480 e. The van der Waals surface area contributed by atoms with E-state index < -0.39 is 5.97 Å². The normalized spacial score (nSPS) is 20.7. The summed E-state index contributed by atoms with van der Waals surface area (Å²) in [5.74, 6) is -0.713. The van der Waals surface area contributed by atoms with Gasteiger partial charge in [0.25, 0.3) is 0 Å². The third-order valence-electron chi connectivity index (χ3n) is 3.70. The molecule has 1 saturated heterocycles. The highest BCUT2D eigenvalue weighted by molar-refractivity contribution is 9.10. The largest absolute Gasteiger partial charge is 0.480 e. The van der Waals surface area contributed by atoms with Gasteiger partial charge in [-0.05, 0) is 49.2 Å². The number of aromatic nitrogens is 2. The zero-order valence-electron chi connectivity index (χ0n) is 11.4. The summed E-state index contributed by atoms with van der Waals surface area (Å²) in [6.07, 6.45) is 2.81. The Balaban J connectivity index is 2.21. The maximum atomic E-state index is 11.3. The molecule has 1 atom stereocenters. The Morgan fingerprint density at radius 1 is 1.53 bits per heavy atom. The third kappa shape index (κ3) is 3.00. The molecule has 2 rings (SSSR count). The van der Waals surface area contributed by atoms with Gasteiger partial charge in [-0.25, -0.2) is 0 Å². The molecule has 5 nitrogen and oxygen atoms in total. The molecule has 1 N–H and O–H groups in total. The van der Waals surface area contributed by atoms with E-state index in [4.69, 9.17) is 0 Å². The number of aliphatic carboxylic acids is 1. The number of likely N-dealkylation sites (tertiary alicyclic amines) is 1. The van der Waals surface area contributed by atoms with Crippen LogP contribution in [0.3, 0.4) is 0 Å². The van der Waals surface area contributed by atoms with Crippen LogP contribution in [-0.2, 0) is 17.9 Å². The summed E-state index contributed by atoms with van der Waals surface area (Å²) >= 11 is 3.57. The monoisotopic (exact) mass is 329 g/mol. The van der Waals surface area contributed by atoms with Crippen molar-refractivity contribution < 1.29 is 9.90 Å². The van der Waals surface area contributed by atoms with Gasteiger partial charge in [0.15, 0.2) is 0 Å². The molecule has 19 heavy (non-hydrogen) atoms. The molecule has 0 aromatic carbocycles. The van der Waals surface area contributed by atoms with Crippen molar-refractivity contribution in [3.8, 4) is 0 Å². The number of piperidine rings is 1. The average molecular weight is 330 g/mol. The standard InChI is InChI=1S/C13H20BrN3O2/c1-3-17-11(12(14)9(2)15-17)8-16-7-5-4-6-10(16)13(18)19/h10H,3-8H2,1-2H3,(H,18,19). The molecule has 1 aromatic rings. The lowest BCUT2D eigenvalue weighted by Crippen LogP contribution is -2.44. The van der Waals surface area contributed by atoms with Gasteiger partial charge in [0.1, 0.15) is 6.04 Å². The summed E-state index contributed by atoms with van der Waals surface area (Å²) in [7, 11) is 0. The number of carboxylic acids is 1. The lowest BCUT2D eigenvalue weighted by Gasteiger charge is -2.32. The maximum Gasteiger partial charge on any atom is 0.320 e. The van der Waals surface area contributed by atoms with E-state index >= 15 is 0 Å². The second-order valence-corrected chi connectivity index (χ2v) is 5.78. The number of hydrogen-bond acceptors (Lipinski definition) is 3. The summed E-state index contributed by atoms with van der Waals surface area (Å²) in [6, 6.07) is -0.360. The van der Waals surface area contributed by atoms with Crippen LogP contribution < -0.4 is 0 Å². The van der Waals surface area contributed by atoms with E-state index in [-0.39, 0.29) is 6.04 Å². The van der Waals surface area contributed by atoms with Gasteiger partial charge in [0.2, 0.25) is 0 Å². The molecule has 1 fully saturated rings. The number of carbonyl (C=O) groups is 1. The van der Waals surface area contributed by atoms with Crippen LogP contribution in [0.4, 0.5) is 0 Å². The zero-order chi connectivity index (χ0) is 14.0. The van der Waals surface area contributed by atoms with Crippen molar-refractivity contribution in [2.75, 3.05) is 6.54 Å². The van der Waals surface area contributed by atoms with Crippen LogP contribution in [0.15, 0.2) is 4.47 Å². The molecule has 0 amide bonds. The van der Waals surface area contributed by atoms with Crippen LogP contribution in [0, 0.1) is 6.92 Å². The van der Waals surface area contributed by atoms with Crippen LogP contribution in [0.1, 0.15) is 37.6 Å². The van der Waals surface area contributed by atoms with Gasteiger partial charge in [-0.2, -0.15) is 5.10 Å². The number of rotatable bonds is 4. The van der Waals surface area contributed by atoms with Crippen LogP contribution >= 0.6 is 15.9 Å². The lowest BCUT2D eigenvalue weighted by atomic mass is 10.0. The van der Waals surface area contributed by atoms with Gasteiger partial charge in [-0.1, -0.05) is 6.42 Å². The number of nitrogens with zero attached hydrogens (tertiary/aromatic N) is 3. The number of hydrogen-bond donors (Lipinski definition) is 1. The van der Waals surface area contributed by atoms with Crippen molar-refractivity contribution in [1.29, 1.82) is 0 Å². The van der Waals surface area contributed by atoms with E-state index in [1.807, 2.05) is 18.5 Å². The summed E-state index contributed by atoms with van der Waals surface area (Å²) in [5, 5.41) is 13.8. The summed E-state index contributed by atoms with van der Waals surface area (Å²) in [6.45, 7) is 6.30. The maximum absolute atomic E-state index is 11.3. The second kappa shape index (κ2) is 6.05. The Morgan fingerprint density at radius 3 is 2.89 bits per heavy atom. The van der Waals surface area contributed by atoms with Crippen LogP contribution in [0.5, 0.6) is 0 Å². The molecular formula is C13H20BrN3O2. The van der Waals surface area contributed by atoms with Crippen molar-refractivity contribution in [2.45, 2.75) is 52.2 Å². The quantitative estimate of drug-likeness (QED) is 0.921. The molecule has 106 valence electrons. The molecular weight excluding hydrogens is 310 g/mol. The molecule has 1 aromatic heterocycles. The van der Waals surface area contributed by atoms with Gasteiger partial charge in [-0.3, -0.25) is 14.4 Å². The van der Waals surface area contributed by atoms with Gasteiger partial charge < -0.3 is 5.11 Å². The molecule has 0 spiro atoms. The first-order valence-corrected chi connectivity index (χ1v) is 7.52. The first-order chi connectivity index (χ1) is 9.04. The third-order valence-corrected chi connectivity index (χ3v) is 4.74. The molecule has 2 heterocycles. The molecule has 0 saturated carbocycles. The molecule has 0 bridgehead atoms. The molecule has 1 aliphatic rings. The number of halogens is 1. The summed E-state index contributed by atoms with van der Waals surface area (Å²) in [5.41, 5.74) is 2.04. The Bertz CT molecular complexity index is 473. The fourth-order valence-electron chi connectivity index (χ4n) is 2.67. The Labute approximate surface area is 121 Å². The van der Waals surface area contributed by atoms with Crippen LogP contribution in [0.25, 0.3) is 0 Å². The van der Waals surface area contributed by atoms with E-state index in [1.165, 1.54) is 0 Å². The highest BCUT2D eigenvalue weighted by Gasteiger charge is 2.29. The topological polar surface area (TPSA) is 58.4 Å². The average Bonchev–Trinajstić information content (AvgIpc) is 2.67. The fraction of sp³-hybridized carbons (Fsp3) is 0.692. The minimum atomic E-state index is -0.713. The smallest absolute Gasteiger partial charge is 0.320 e. The fourth-order valence-corrected chi connectivity index (χ4v) is 3.08. The van der Waals surface area contributed by atoms with Crippen molar-refractivity contribution in [2.24, 2.45) is 0 Å². The summed E-state index contributed by atoms with van der Waals surface area (Å²) < 4.78 is 2.96.